The Kier molecular flexibility index (Phi) is 11.6. The molecule has 1 unspecified atom stereocenters. The summed E-state index contributed by atoms with van der Waals surface area (Å²) >= 11 is 0. The minimum Gasteiger partial charge on any atom is -0.493 e. The lowest BCUT2D eigenvalue weighted by atomic mass is 9.90. The van der Waals surface area contributed by atoms with Crippen molar-refractivity contribution in [3.63, 3.8) is 0 Å². The van der Waals surface area contributed by atoms with E-state index < -0.39 is 0 Å². The first-order chi connectivity index (χ1) is 11.9. The lowest BCUT2D eigenvalue weighted by molar-refractivity contribution is 0.0311. The van der Waals surface area contributed by atoms with E-state index in [0.717, 1.165) is 44.3 Å². The highest BCUT2D eigenvalue weighted by Gasteiger charge is 2.19. The van der Waals surface area contributed by atoms with Gasteiger partial charge in [-0.2, -0.15) is 0 Å². The minimum absolute atomic E-state index is 0.191. The van der Waals surface area contributed by atoms with E-state index in [1.54, 1.807) is 0 Å². The molecule has 0 fully saturated rings. The molecule has 0 N–H and O–H groups in total. The molecule has 1 nitrogen and oxygen atoms in total. The van der Waals surface area contributed by atoms with Crippen LogP contribution in [0.2, 0.25) is 0 Å². The standard InChI is InChI=1S/C25H44O/c1-10-23(17-14-15-21(2)3)16-12-11-13-19-25(8,9)26-22(4)18-20-24(5,6)7/h10-11,13-15,21,23H,1,4,12,16-20H2,2-3,5-9H3/b13-11+,15-14-. The van der Waals surface area contributed by atoms with Crippen LogP contribution < -0.4 is 0 Å². The third-order valence-electron chi connectivity index (χ3n) is 4.35. The van der Waals surface area contributed by atoms with Gasteiger partial charge in [0, 0.05) is 12.8 Å². The molecule has 0 aliphatic heterocycles. The van der Waals surface area contributed by atoms with Crippen molar-refractivity contribution in [2.24, 2.45) is 17.3 Å². The molecule has 1 atom stereocenters. The van der Waals surface area contributed by atoms with Crippen molar-refractivity contribution in [2.75, 3.05) is 0 Å². The molecule has 0 aromatic rings. The average Bonchev–Trinajstić information content (AvgIpc) is 2.49. The number of allylic oxidation sites excluding steroid dienone is 5. The Hall–Kier alpha value is -1.24. The summed E-state index contributed by atoms with van der Waals surface area (Å²) in [6, 6.07) is 0. The fraction of sp³-hybridized carbons (Fsp3) is 0.680. The first-order valence-electron chi connectivity index (χ1n) is 10.3. The highest BCUT2D eigenvalue weighted by atomic mass is 16.5. The van der Waals surface area contributed by atoms with E-state index in [4.69, 9.17) is 4.74 Å². The van der Waals surface area contributed by atoms with Crippen molar-refractivity contribution in [1.29, 1.82) is 0 Å². The monoisotopic (exact) mass is 360 g/mol. The van der Waals surface area contributed by atoms with Gasteiger partial charge in [0.05, 0.1) is 5.76 Å². The molecule has 0 saturated heterocycles. The summed E-state index contributed by atoms with van der Waals surface area (Å²) in [5, 5.41) is 0. The van der Waals surface area contributed by atoms with Crippen molar-refractivity contribution in [3.8, 4) is 0 Å². The van der Waals surface area contributed by atoms with Gasteiger partial charge in [-0.25, -0.2) is 0 Å². The van der Waals surface area contributed by atoms with E-state index >= 15 is 0 Å². The normalized spacial score (nSPS) is 14.3. The van der Waals surface area contributed by atoms with Crippen LogP contribution in [-0.2, 0) is 4.74 Å². The van der Waals surface area contributed by atoms with Crippen LogP contribution in [0, 0.1) is 17.3 Å². The Morgan fingerprint density at radius 1 is 1.04 bits per heavy atom. The molecule has 1 heteroatoms. The van der Waals surface area contributed by atoms with Crippen molar-refractivity contribution in [3.05, 3.63) is 49.3 Å². The van der Waals surface area contributed by atoms with Gasteiger partial charge in [0.1, 0.15) is 5.60 Å². The van der Waals surface area contributed by atoms with Crippen LogP contribution >= 0.6 is 0 Å². The van der Waals surface area contributed by atoms with Crippen LogP contribution in [0.4, 0.5) is 0 Å². The number of hydrogen-bond donors (Lipinski definition) is 0. The molecule has 0 aliphatic carbocycles. The summed E-state index contributed by atoms with van der Waals surface area (Å²) in [7, 11) is 0. The molecule has 0 saturated carbocycles. The molecule has 0 aliphatic rings. The van der Waals surface area contributed by atoms with Gasteiger partial charge in [0.15, 0.2) is 0 Å². The minimum atomic E-state index is -0.191. The number of hydrogen-bond acceptors (Lipinski definition) is 1. The number of ether oxygens (including phenoxy) is 1. The lowest BCUT2D eigenvalue weighted by Crippen LogP contribution is -2.23. The predicted molar refractivity (Wildman–Crippen MR) is 118 cm³/mol. The van der Waals surface area contributed by atoms with Crippen LogP contribution in [0.15, 0.2) is 49.3 Å². The smallest absolute Gasteiger partial charge is 0.106 e. The van der Waals surface area contributed by atoms with Gasteiger partial charge in [-0.05, 0) is 56.8 Å². The summed E-state index contributed by atoms with van der Waals surface area (Å²) in [6.07, 6.45) is 17.5. The zero-order valence-electron chi connectivity index (χ0n) is 18.6. The lowest BCUT2D eigenvalue weighted by Gasteiger charge is -2.28. The van der Waals surface area contributed by atoms with Crippen molar-refractivity contribution in [2.45, 2.75) is 92.6 Å². The third-order valence-corrected chi connectivity index (χ3v) is 4.35. The number of rotatable bonds is 13. The molecule has 0 amide bonds. The van der Waals surface area contributed by atoms with E-state index in [1.807, 2.05) is 0 Å². The Bertz CT molecular complexity index is 457. The molecule has 0 rings (SSSR count). The summed E-state index contributed by atoms with van der Waals surface area (Å²) in [5.41, 5.74) is 0.131. The maximum Gasteiger partial charge on any atom is 0.106 e. The second-order valence-electron chi connectivity index (χ2n) is 9.62. The van der Waals surface area contributed by atoms with Gasteiger partial charge in [-0.15, -0.1) is 6.58 Å². The molecule has 0 bridgehead atoms. The quantitative estimate of drug-likeness (QED) is 0.237. The topological polar surface area (TPSA) is 9.23 Å². The van der Waals surface area contributed by atoms with Gasteiger partial charge in [-0.1, -0.05) is 71.6 Å². The molecule has 0 heterocycles. The highest BCUT2D eigenvalue weighted by Crippen LogP contribution is 2.27. The van der Waals surface area contributed by atoms with Crippen LogP contribution in [0.25, 0.3) is 0 Å². The van der Waals surface area contributed by atoms with Crippen LogP contribution in [0.1, 0.15) is 87.0 Å². The first-order valence-corrected chi connectivity index (χ1v) is 10.3. The molecule has 0 spiro atoms. The molecule has 150 valence electrons. The van der Waals surface area contributed by atoms with Gasteiger partial charge in [0.25, 0.3) is 0 Å². The third kappa shape index (κ3) is 15.0. The van der Waals surface area contributed by atoms with Gasteiger partial charge in [-0.3, -0.25) is 0 Å². The Balaban J connectivity index is 4.16. The molecular weight excluding hydrogens is 316 g/mol. The Labute approximate surface area is 164 Å². The van der Waals surface area contributed by atoms with Gasteiger partial charge < -0.3 is 4.74 Å². The van der Waals surface area contributed by atoms with E-state index in [0.29, 0.717) is 17.3 Å². The van der Waals surface area contributed by atoms with Gasteiger partial charge in [0.2, 0.25) is 0 Å². The van der Waals surface area contributed by atoms with Crippen LogP contribution in [-0.4, -0.2) is 5.60 Å². The van der Waals surface area contributed by atoms with Crippen LogP contribution in [0.5, 0.6) is 0 Å². The average molecular weight is 361 g/mol. The SMILES string of the molecule is C=CC(C/C=C\C(C)C)CC/C=C/CC(C)(C)OC(=C)CCC(C)(C)C. The summed E-state index contributed by atoms with van der Waals surface area (Å²) < 4.78 is 6.09. The Morgan fingerprint density at radius 2 is 1.69 bits per heavy atom. The predicted octanol–water partition coefficient (Wildman–Crippen LogP) is 8.25. The highest BCUT2D eigenvalue weighted by molar-refractivity contribution is 4.95. The van der Waals surface area contributed by atoms with E-state index in [-0.39, 0.29) is 5.60 Å². The molecule has 0 aromatic carbocycles. The van der Waals surface area contributed by atoms with Gasteiger partial charge >= 0.3 is 0 Å². The first kappa shape index (κ1) is 24.8. The fourth-order valence-corrected chi connectivity index (χ4v) is 2.65. The second-order valence-corrected chi connectivity index (χ2v) is 9.62. The van der Waals surface area contributed by atoms with E-state index in [2.05, 4.69) is 92.0 Å². The zero-order chi connectivity index (χ0) is 20.2. The molecule has 0 radical (unpaired) electrons. The fourth-order valence-electron chi connectivity index (χ4n) is 2.65. The van der Waals surface area contributed by atoms with Crippen molar-refractivity contribution in [1.82, 2.24) is 0 Å². The summed E-state index contributed by atoms with van der Waals surface area (Å²) in [5.74, 6) is 2.10. The maximum atomic E-state index is 6.09. The maximum absolute atomic E-state index is 6.09. The summed E-state index contributed by atoms with van der Waals surface area (Å²) in [4.78, 5) is 0. The largest absolute Gasteiger partial charge is 0.493 e. The molecule has 0 aromatic heterocycles. The Morgan fingerprint density at radius 3 is 2.23 bits per heavy atom. The van der Waals surface area contributed by atoms with Crippen molar-refractivity contribution < 1.29 is 4.74 Å². The summed E-state index contributed by atoms with van der Waals surface area (Å²) in [6.45, 7) is 23.5. The van der Waals surface area contributed by atoms with E-state index in [9.17, 15) is 0 Å². The molecular formula is C25H44O. The molecule has 26 heavy (non-hydrogen) atoms. The van der Waals surface area contributed by atoms with Crippen LogP contribution in [0.3, 0.4) is 0 Å². The van der Waals surface area contributed by atoms with Crippen molar-refractivity contribution >= 4 is 0 Å². The second kappa shape index (κ2) is 12.2. The zero-order valence-corrected chi connectivity index (χ0v) is 18.6. The van der Waals surface area contributed by atoms with E-state index in [1.165, 1.54) is 0 Å².